The zero-order valence-electron chi connectivity index (χ0n) is 19.3. The van der Waals surface area contributed by atoms with E-state index in [-0.39, 0.29) is 5.78 Å². The molecule has 1 heterocycles. The van der Waals surface area contributed by atoms with Crippen molar-refractivity contribution in [1.82, 2.24) is 4.98 Å². The highest BCUT2D eigenvalue weighted by atomic mass is 16.5. The zero-order valence-corrected chi connectivity index (χ0v) is 19.3. The van der Waals surface area contributed by atoms with E-state index in [9.17, 15) is 4.79 Å². The van der Waals surface area contributed by atoms with Crippen molar-refractivity contribution in [1.29, 1.82) is 0 Å². The molecule has 0 N–H and O–H groups in total. The summed E-state index contributed by atoms with van der Waals surface area (Å²) in [5, 5.41) is 0. The predicted molar refractivity (Wildman–Crippen MR) is 135 cm³/mol. The number of aliphatic imine (C=N–C) groups is 1. The predicted octanol–water partition coefficient (Wildman–Crippen LogP) is 6.93. The zero-order chi connectivity index (χ0) is 23.4. The van der Waals surface area contributed by atoms with Crippen LogP contribution in [-0.4, -0.2) is 24.1 Å². The highest BCUT2D eigenvalue weighted by Crippen LogP contribution is 2.35. The van der Waals surface area contributed by atoms with E-state index in [0.717, 1.165) is 27.9 Å². The Morgan fingerprint density at radius 3 is 2.00 bits per heavy atom. The average Bonchev–Trinajstić information content (AvgIpc) is 2.83. The van der Waals surface area contributed by atoms with Gasteiger partial charge in [0.1, 0.15) is 0 Å². The molecule has 3 aromatic carbocycles. The summed E-state index contributed by atoms with van der Waals surface area (Å²) in [4.78, 5) is 22.8. The Balaban J connectivity index is 1.87. The second kappa shape index (κ2) is 9.61. The number of nitrogens with zero attached hydrogens (tertiary/aromatic N) is 2. The summed E-state index contributed by atoms with van der Waals surface area (Å²) in [6.07, 6.45) is 1.40. The van der Waals surface area contributed by atoms with Crippen LogP contribution >= 0.6 is 0 Å². The fraction of sp³-hybridized carbons (Fsp3) is 0.138. The van der Waals surface area contributed by atoms with Gasteiger partial charge in [-0.3, -0.25) is 9.79 Å². The number of benzene rings is 3. The van der Waals surface area contributed by atoms with Gasteiger partial charge in [-0.1, -0.05) is 78.4 Å². The third-order valence-electron chi connectivity index (χ3n) is 5.52. The Hall–Kier alpha value is -4.05. The average molecular weight is 435 g/mol. The number of hydrogen-bond donors (Lipinski definition) is 0. The van der Waals surface area contributed by atoms with E-state index in [1.807, 2.05) is 80.6 Å². The lowest BCUT2D eigenvalue weighted by Gasteiger charge is -2.14. The van der Waals surface area contributed by atoms with Crippen LogP contribution in [0.3, 0.4) is 0 Å². The van der Waals surface area contributed by atoms with Gasteiger partial charge in [0.05, 0.1) is 30.3 Å². The van der Waals surface area contributed by atoms with Crippen LogP contribution in [0.5, 0.6) is 5.88 Å². The van der Waals surface area contributed by atoms with Crippen LogP contribution in [-0.2, 0) is 0 Å². The molecule has 0 aliphatic rings. The standard InChI is InChI=1S/C29H26N2O2/c1-19-15-20(2)28(21(3)16-19)30-18-26(32)24-17-25(22-11-7-5-8-12-22)31-29(33-4)27(24)23-13-9-6-10-14-23/h5-18H,1-4H3. The Morgan fingerprint density at radius 1 is 0.848 bits per heavy atom. The highest BCUT2D eigenvalue weighted by molar-refractivity contribution is 6.37. The molecule has 0 aliphatic carbocycles. The lowest BCUT2D eigenvalue weighted by Crippen LogP contribution is -2.07. The number of carbonyl (C=O) groups excluding carboxylic acids is 1. The van der Waals surface area contributed by atoms with Gasteiger partial charge in [0.25, 0.3) is 0 Å². The maximum absolute atomic E-state index is 13.5. The smallest absolute Gasteiger partial charge is 0.222 e. The van der Waals surface area contributed by atoms with E-state index in [1.165, 1.54) is 11.8 Å². The molecule has 0 fully saturated rings. The van der Waals surface area contributed by atoms with Gasteiger partial charge in [-0.15, -0.1) is 0 Å². The van der Waals surface area contributed by atoms with Gasteiger partial charge in [0.2, 0.25) is 11.7 Å². The number of aryl methyl sites for hydroxylation is 3. The first-order valence-corrected chi connectivity index (χ1v) is 10.8. The van der Waals surface area contributed by atoms with E-state index >= 15 is 0 Å². The van der Waals surface area contributed by atoms with Crippen LogP contribution in [0.15, 0.2) is 83.9 Å². The SMILES string of the molecule is COc1nc(-c2ccccc2)cc(C(=O)C=Nc2c(C)cc(C)cc2C)c1-c1ccccc1. The summed E-state index contributed by atoms with van der Waals surface area (Å²) in [6.45, 7) is 6.07. The van der Waals surface area contributed by atoms with E-state index in [4.69, 9.17) is 9.72 Å². The molecule has 0 aliphatic heterocycles. The minimum atomic E-state index is -0.203. The van der Waals surface area contributed by atoms with Gasteiger partial charge in [0.15, 0.2) is 0 Å². The van der Waals surface area contributed by atoms with Crippen molar-refractivity contribution < 1.29 is 9.53 Å². The molecule has 0 unspecified atom stereocenters. The first-order chi connectivity index (χ1) is 16.0. The van der Waals surface area contributed by atoms with Crippen molar-refractivity contribution in [2.24, 2.45) is 4.99 Å². The number of carbonyl (C=O) groups is 1. The maximum atomic E-state index is 13.5. The molecule has 0 spiro atoms. The number of pyridine rings is 1. The van der Waals surface area contributed by atoms with Gasteiger partial charge in [0, 0.05) is 11.1 Å². The van der Waals surface area contributed by atoms with E-state index in [1.54, 1.807) is 7.11 Å². The van der Waals surface area contributed by atoms with Crippen molar-refractivity contribution in [3.05, 3.63) is 101 Å². The lowest BCUT2D eigenvalue weighted by atomic mass is 9.96. The molecule has 0 saturated heterocycles. The van der Waals surface area contributed by atoms with E-state index in [2.05, 4.69) is 24.0 Å². The molecule has 0 radical (unpaired) electrons. The molecule has 33 heavy (non-hydrogen) atoms. The molecular formula is C29H26N2O2. The molecule has 164 valence electrons. The van der Waals surface area contributed by atoms with Crippen molar-refractivity contribution >= 4 is 17.7 Å². The number of hydrogen-bond acceptors (Lipinski definition) is 4. The number of ether oxygens (including phenoxy) is 1. The first kappa shape index (κ1) is 22.2. The summed E-state index contributed by atoms with van der Waals surface area (Å²) in [6, 6.07) is 25.4. The normalized spacial score (nSPS) is 11.0. The quantitative estimate of drug-likeness (QED) is 0.244. The fourth-order valence-electron chi connectivity index (χ4n) is 4.07. The minimum Gasteiger partial charge on any atom is -0.481 e. The van der Waals surface area contributed by atoms with Crippen molar-refractivity contribution in [3.8, 4) is 28.3 Å². The highest BCUT2D eigenvalue weighted by Gasteiger charge is 2.20. The second-order valence-electron chi connectivity index (χ2n) is 8.04. The number of methoxy groups -OCH3 is 1. The molecule has 1 aromatic heterocycles. The van der Waals surface area contributed by atoms with Gasteiger partial charge in [-0.2, -0.15) is 0 Å². The second-order valence-corrected chi connectivity index (χ2v) is 8.04. The summed E-state index contributed by atoms with van der Waals surface area (Å²) >= 11 is 0. The van der Waals surface area contributed by atoms with Crippen molar-refractivity contribution in [3.63, 3.8) is 0 Å². The van der Waals surface area contributed by atoms with Crippen LogP contribution in [0.1, 0.15) is 27.0 Å². The number of ketones is 1. The molecule has 4 nitrogen and oxygen atoms in total. The summed E-state index contributed by atoms with van der Waals surface area (Å²) < 4.78 is 5.66. The number of Topliss-reactive ketones (excluding diaryl/α,β-unsaturated/α-hetero) is 1. The molecule has 4 rings (SSSR count). The van der Waals surface area contributed by atoms with Crippen LogP contribution < -0.4 is 4.74 Å². The molecular weight excluding hydrogens is 408 g/mol. The third-order valence-corrected chi connectivity index (χ3v) is 5.52. The monoisotopic (exact) mass is 434 g/mol. The van der Waals surface area contributed by atoms with E-state index in [0.29, 0.717) is 22.7 Å². The van der Waals surface area contributed by atoms with E-state index < -0.39 is 0 Å². The van der Waals surface area contributed by atoms with Crippen molar-refractivity contribution in [2.75, 3.05) is 7.11 Å². The lowest BCUT2D eigenvalue weighted by molar-refractivity contribution is 0.107. The van der Waals surface area contributed by atoms with Gasteiger partial charge >= 0.3 is 0 Å². The number of rotatable bonds is 6. The molecule has 4 aromatic rings. The molecule has 4 heteroatoms. The Labute approximate surface area is 194 Å². The van der Waals surface area contributed by atoms with Crippen LogP contribution in [0, 0.1) is 20.8 Å². The maximum Gasteiger partial charge on any atom is 0.222 e. The fourth-order valence-corrected chi connectivity index (χ4v) is 4.07. The van der Waals surface area contributed by atoms with Gasteiger partial charge in [-0.05, 0) is 43.5 Å². The minimum absolute atomic E-state index is 0.203. The van der Waals surface area contributed by atoms with Gasteiger partial charge < -0.3 is 4.74 Å². The molecule has 0 amide bonds. The third kappa shape index (κ3) is 4.75. The van der Waals surface area contributed by atoms with Crippen molar-refractivity contribution in [2.45, 2.75) is 20.8 Å². The summed E-state index contributed by atoms with van der Waals surface area (Å²) in [7, 11) is 1.57. The van der Waals surface area contributed by atoms with Crippen LogP contribution in [0.2, 0.25) is 0 Å². The Morgan fingerprint density at radius 2 is 1.42 bits per heavy atom. The Bertz CT molecular complexity index is 1300. The topological polar surface area (TPSA) is 51.5 Å². The summed E-state index contributed by atoms with van der Waals surface area (Å²) in [5.41, 5.74) is 7.67. The van der Waals surface area contributed by atoms with Gasteiger partial charge in [-0.25, -0.2) is 4.98 Å². The van der Waals surface area contributed by atoms with Crippen LogP contribution in [0.4, 0.5) is 5.69 Å². The molecule has 0 saturated carbocycles. The van der Waals surface area contributed by atoms with Crippen LogP contribution in [0.25, 0.3) is 22.4 Å². The number of aromatic nitrogens is 1. The Kier molecular flexibility index (Phi) is 6.45. The first-order valence-electron chi connectivity index (χ1n) is 10.8. The molecule has 0 atom stereocenters. The molecule has 0 bridgehead atoms. The largest absolute Gasteiger partial charge is 0.481 e. The summed E-state index contributed by atoms with van der Waals surface area (Å²) in [5.74, 6) is 0.202.